The number of carbonyl (C=O) groups is 1. The third-order valence-corrected chi connectivity index (χ3v) is 2.97. The lowest BCUT2D eigenvalue weighted by Crippen LogP contribution is -2.42. The van der Waals surface area contributed by atoms with E-state index in [0.29, 0.717) is 10.2 Å². The maximum absolute atomic E-state index is 12.3. The molecule has 88 valence electrons. The van der Waals surface area contributed by atoms with Crippen LogP contribution in [0, 0.1) is 0 Å². The van der Waals surface area contributed by atoms with Gasteiger partial charge < -0.3 is 4.90 Å². The molecule has 0 saturated carbocycles. The number of amides is 1. The maximum atomic E-state index is 12.3. The Morgan fingerprint density at radius 1 is 1.31 bits per heavy atom. The summed E-state index contributed by atoms with van der Waals surface area (Å²) in [6.07, 6.45) is 1.66. The lowest BCUT2D eigenvalue weighted by molar-refractivity contribution is 0.0642. The predicted octanol–water partition coefficient (Wildman–Crippen LogP) is 3.10. The van der Waals surface area contributed by atoms with E-state index >= 15 is 0 Å². The Bertz CT molecular complexity index is 369. The average molecular weight is 285 g/mol. The first-order valence-corrected chi connectivity index (χ1v) is 6.17. The first-order chi connectivity index (χ1) is 7.45. The van der Waals surface area contributed by atoms with Crippen molar-refractivity contribution in [2.24, 2.45) is 0 Å². The highest BCUT2D eigenvalue weighted by molar-refractivity contribution is 9.10. The molecular formula is C12H17BrN2O. The maximum Gasteiger partial charge on any atom is 0.257 e. The smallest absolute Gasteiger partial charge is 0.257 e. The van der Waals surface area contributed by atoms with Crippen molar-refractivity contribution < 1.29 is 4.79 Å². The normalized spacial score (nSPS) is 10.9. The predicted molar refractivity (Wildman–Crippen MR) is 68.4 cm³/mol. The largest absolute Gasteiger partial charge is 0.334 e. The molecule has 0 aliphatic rings. The molecule has 0 N–H and O–H groups in total. The van der Waals surface area contributed by atoms with Crippen LogP contribution in [0.5, 0.6) is 0 Å². The van der Waals surface area contributed by atoms with E-state index in [2.05, 4.69) is 20.9 Å². The average Bonchev–Trinajstić information content (AvgIpc) is 2.16. The summed E-state index contributed by atoms with van der Waals surface area (Å²) < 4.78 is 0.603. The molecule has 16 heavy (non-hydrogen) atoms. The zero-order valence-electron chi connectivity index (χ0n) is 10.1. The summed E-state index contributed by atoms with van der Waals surface area (Å²) in [5, 5.41) is 0. The molecule has 1 rings (SSSR count). The van der Waals surface area contributed by atoms with Gasteiger partial charge in [-0.2, -0.15) is 0 Å². The Balaban J connectivity index is 3.05. The Kier molecular flexibility index (Phi) is 4.47. The van der Waals surface area contributed by atoms with Crippen LogP contribution in [0.25, 0.3) is 0 Å². The van der Waals surface area contributed by atoms with Gasteiger partial charge in [0.1, 0.15) is 4.60 Å². The summed E-state index contributed by atoms with van der Waals surface area (Å²) in [5.41, 5.74) is 0.616. The minimum absolute atomic E-state index is 0.0185. The van der Waals surface area contributed by atoms with Gasteiger partial charge in [-0.15, -0.1) is 0 Å². The Hall–Kier alpha value is -0.900. The van der Waals surface area contributed by atoms with E-state index in [0.717, 1.165) is 0 Å². The fourth-order valence-electron chi connectivity index (χ4n) is 1.75. The van der Waals surface area contributed by atoms with Crippen molar-refractivity contribution in [1.82, 2.24) is 9.88 Å². The molecule has 0 atom stereocenters. The highest BCUT2D eigenvalue weighted by Crippen LogP contribution is 2.18. The number of hydrogen-bond donors (Lipinski definition) is 0. The van der Waals surface area contributed by atoms with Crippen molar-refractivity contribution >= 4 is 21.8 Å². The fraction of sp³-hybridized carbons (Fsp3) is 0.500. The minimum atomic E-state index is 0.0185. The van der Waals surface area contributed by atoms with Gasteiger partial charge in [0.25, 0.3) is 5.91 Å². The highest BCUT2D eigenvalue weighted by Gasteiger charge is 2.23. The molecule has 0 spiro atoms. The molecule has 1 aromatic rings. The van der Waals surface area contributed by atoms with Gasteiger partial charge in [-0.1, -0.05) is 0 Å². The SMILES string of the molecule is CC(C)N(C(=O)c1cccnc1Br)C(C)C. The van der Waals surface area contributed by atoms with E-state index in [1.54, 1.807) is 18.3 Å². The van der Waals surface area contributed by atoms with Crippen LogP contribution in [0.3, 0.4) is 0 Å². The van der Waals surface area contributed by atoms with Gasteiger partial charge in [-0.3, -0.25) is 4.79 Å². The topological polar surface area (TPSA) is 33.2 Å². The molecule has 1 heterocycles. The molecule has 1 amide bonds. The second-order valence-corrected chi connectivity index (χ2v) is 4.99. The third-order valence-electron chi connectivity index (χ3n) is 2.34. The van der Waals surface area contributed by atoms with Gasteiger partial charge in [-0.25, -0.2) is 4.98 Å². The summed E-state index contributed by atoms with van der Waals surface area (Å²) >= 11 is 3.30. The van der Waals surface area contributed by atoms with E-state index in [-0.39, 0.29) is 18.0 Å². The minimum Gasteiger partial charge on any atom is -0.334 e. The Labute approximate surface area is 105 Å². The summed E-state index contributed by atoms with van der Waals surface area (Å²) in [5.74, 6) is 0.0185. The van der Waals surface area contributed by atoms with Crippen molar-refractivity contribution in [3.8, 4) is 0 Å². The molecule has 0 unspecified atom stereocenters. The van der Waals surface area contributed by atoms with Gasteiger partial charge in [-0.05, 0) is 55.8 Å². The molecule has 4 heteroatoms. The quantitative estimate of drug-likeness (QED) is 0.799. The van der Waals surface area contributed by atoms with Gasteiger partial charge in [0.15, 0.2) is 0 Å². The first-order valence-electron chi connectivity index (χ1n) is 5.38. The monoisotopic (exact) mass is 284 g/mol. The number of hydrogen-bond acceptors (Lipinski definition) is 2. The number of nitrogens with zero attached hydrogens (tertiary/aromatic N) is 2. The van der Waals surface area contributed by atoms with Crippen molar-refractivity contribution in [2.75, 3.05) is 0 Å². The number of aromatic nitrogens is 1. The summed E-state index contributed by atoms with van der Waals surface area (Å²) in [6.45, 7) is 8.06. The van der Waals surface area contributed by atoms with Crippen molar-refractivity contribution in [3.05, 3.63) is 28.5 Å². The molecule has 0 saturated heterocycles. The van der Waals surface area contributed by atoms with Gasteiger partial charge in [0, 0.05) is 18.3 Å². The standard InChI is InChI=1S/C12H17BrN2O/c1-8(2)15(9(3)4)12(16)10-6-5-7-14-11(10)13/h5-9H,1-4H3. The Morgan fingerprint density at radius 2 is 1.88 bits per heavy atom. The van der Waals surface area contributed by atoms with E-state index < -0.39 is 0 Å². The number of pyridine rings is 1. The van der Waals surface area contributed by atoms with Crippen LogP contribution >= 0.6 is 15.9 Å². The third kappa shape index (κ3) is 2.82. The summed E-state index contributed by atoms with van der Waals surface area (Å²) in [4.78, 5) is 18.2. The molecule has 0 aliphatic carbocycles. The van der Waals surface area contributed by atoms with Gasteiger partial charge >= 0.3 is 0 Å². The summed E-state index contributed by atoms with van der Waals surface area (Å²) in [7, 11) is 0. The molecule has 0 aliphatic heterocycles. The molecule has 0 bridgehead atoms. The van der Waals surface area contributed by atoms with E-state index in [1.807, 2.05) is 32.6 Å². The Morgan fingerprint density at radius 3 is 2.31 bits per heavy atom. The van der Waals surface area contributed by atoms with Crippen LogP contribution < -0.4 is 0 Å². The molecular weight excluding hydrogens is 268 g/mol. The number of rotatable bonds is 3. The number of carbonyl (C=O) groups excluding carboxylic acids is 1. The van der Waals surface area contributed by atoms with Crippen molar-refractivity contribution in [1.29, 1.82) is 0 Å². The van der Waals surface area contributed by atoms with Crippen LogP contribution in [0.2, 0.25) is 0 Å². The zero-order valence-corrected chi connectivity index (χ0v) is 11.7. The second kappa shape index (κ2) is 5.43. The molecule has 0 aromatic carbocycles. The zero-order chi connectivity index (χ0) is 12.3. The lowest BCUT2D eigenvalue weighted by Gasteiger charge is -2.31. The molecule has 0 radical (unpaired) electrons. The molecule has 0 fully saturated rings. The van der Waals surface area contributed by atoms with Crippen LogP contribution in [-0.4, -0.2) is 27.9 Å². The molecule has 1 aromatic heterocycles. The van der Waals surface area contributed by atoms with Crippen LogP contribution in [-0.2, 0) is 0 Å². The van der Waals surface area contributed by atoms with E-state index in [4.69, 9.17) is 0 Å². The lowest BCUT2D eigenvalue weighted by atomic mass is 10.1. The van der Waals surface area contributed by atoms with Gasteiger partial charge in [0.05, 0.1) is 5.56 Å². The highest BCUT2D eigenvalue weighted by atomic mass is 79.9. The van der Waals surface area contributed by atoms with Crippen LogP contribution in [0.15, 0.2) is 22.9 Å². The second-order valence-electron chi connectivity index (χ2n) is 4.24. The van der Waals surface area contributed by atoms with E-state index in [9.17, 15) is 4.79 Å². The van der Waals surface area contributed by atoms with Crippen molar-refractivity contribution in [2.45, 2.75) is 39.8 Å². The van der Waals surface area contributed by atoms with Crippen LogP contribution in [0.4, 0.5) is 0 Å². The van der Waals surface area contributed by atoms with Crippen molar-refractivity contribution in [3.63, 3.8) is 0 Å². The van der Waals surface area contributed by atoms with E-state index in [1.165, 1.54) is 0 Å². The molecule has 3 nitrogen and oxygen atoms in total. The fourth-order valence-corrected chi connectivity index (χ4v) is 2.17. The van der Waals surface area contributed by atoms with Crippen LogP contribution in [0.1, 0.15) is 38.1 Å². The van der Waals surface area contributed by atoms with Gasteiger partial charge in [0.2, 0.25) is 0 Å². The first kappa shape index (κ1) is 13.2. The number of halogens is 1. The summed E-state index contributed by atoms with van der Waals surface area (Å²) in [6, 6.07) is 3.92.